The van der Waals surface area contributed by atoms with Gasteiger partial charge in [0.2, 0.25) is 0 Å². The molecule has 0 saturated heterocycles. The van der Waals surface area contributed by atoms with E-state index in [4.69, 9.17) is 4.74 Å². The van der Waals surface area contributed by atoms with E-state index in [1.165, 1.54) is 57.9 Å². The SMILES string of the molecule is CC(C)CCOCCC1(CNC2CC2)CC2CCC1C2. The Bertz CT molecular complexity index is 313. The van der Waals surface area contributed by atoms with E-state index in [0.717, 1.165) is 37.0 Å². The standard InChI is InChI=1S/C18H33NO/c1-14(2)7-9-20-10-8-18(13-19-17-5-6-17)12-15-3-4-16(18)11-15/h14-17,19H,3-13H2,1-2H3. The largest absolute Gasteiger partial charge is 0.381 e. The highest BCUT2D eigenvalue weighted by molar-refractivity contribution is 5.02. The van der Waals surface area contributed by atoms with Gasteiger partial charge in [0.25, 0.3) is 0 Å². The second-order valence-corrected chi connectivity index (χ2v) is 8.14. The molecule has 0 aromatic rings. The van der Waals surface area contributed by atoms with E-state index in [0.29, 0.717) is 5.41 Å². The zero-order valence-electron chi connectivity index (χ0n) is 13.5. The number of hydrogen-bond acceptors (Lipinski definition) is 2. The molecule has 0 heterocycles. The van der Waals surface area contributed by atoms with Crippen molar-refractivity contribution < 1.29 is 4.74 Å². The quantitative estimate of drug-likeness (QED) is 0.644. The molecule has 0 aliphatic heterocycles. The summed E-state index contributed by atoms with van der Waals surface area (Å²) in [7, 11) is 0. The number of rotatable bonds is 9. The van der Waals surface area contributed by atoms with Crippen LogP contribution in [-0.2, 0) is 4.74 Å². The van der Waals surface area contributed by atoms with Crippen molar-refractivity contribution in [3.63, 3.8) is 0 Å². The predicted molar refractivity (Wildman–Crippen MR) is 83.8 cm³/mol. The Balaban J connectivity index is 1.45. The zero-order valence-corrected chi connectivity index (χ0v) is 13.5. The average molecular weight is 279 g/mol. The summed E-state index contributed by atoms with van der Waals surface area (Å²) in [5.74, 6) is 2.80. The molecule has 0 spiro atoms. The molecule has 3 atom stereocenters. The molecule has 1 N–H and O–H groups in total. The fourth-order valence-corrected chi connectivity index (χ4v) is 4.50. The second kappa shape index (κ2) is 6.36. The van der Waals surface area contributed by atoms with Crippen LogP contribution in [0.3, 0.4) is 0 Å². The number of hydrogen-bond donors (Lipinski definition) is 1. The van der Waals surface area contributed by atoms with Crippen molar-refractivity contribution in [1.82, 2.24) is 5.32 Å². The van der Waals surface area contributed by atoms with Gasteiger partial charge in [0.05, 0.1) is 0 Å². The third kappa shape index (κ3) is 3.57. The Labute approximate surface area is 125 Å². The van der Waals surface area contributed by atoms with E-state index in [9.17, 15) is 0 Å². The molecular weight excluding hydrogens is 246 g/mol. The fourth-order valence-electron chi connectivity index (χ4n) is 4.50. The normalized spacial score (nSPS) is 36.1. The minimum atomic E-state index is 0.587. The van der Waals surface area contributed by atoms with E-state index >= 15 is 0 Å². The van der Waals surface area contributed by atoms with Crippen molar-refractivity contribution in [2.45, 2.75) is 71.3 Å². The topological polar surface area (TPSA) is 21.3 Å². The molecule has 2 bridgehead atoms. The summed E-state index contributed by atoms with van der Waals surface area (Å²) >= 11 is 0. The Kier molecular flexibility index (Phi) is 4.72. The number of nitrogens with one attached hydrogen (secondary N) is 1. The first kappa shape index (κ1) is 14.8. The molecule has 3 rings (SSSR count). The minimum Gasteiger partial charge on any atom is -0.381 e. The van der Waals surface area contributed by atoms with Crippen LogP contribution in [0.25, 0.3) is 0 Å². The van der Waals surface area contributed by atoms with Crippen LogP contribution in [0.2, 0.25) is 0 Å². The summed E-state index contributed by atoms with van der Waals surface area (Å²) in [4.78, 5) is 0. The van der Waals surface area contributed by atoms with Gasteiger partial charge in [-0.2, -0.15) is 0 Å². The first-order valence-electron chi connectivity index (χ1n) is 8.99. The molecule has 20 heavy (non-hydrogen) atoms. The molecule has 3 aliphatic carbocycles. The third-order valence-electron chi connectivity index (χ3n) is 6.01. The van der Waals surface area contributed by atoms with Crippen molar-refractivity contribution in [1.29, 1.82) is 0 Å². The Morgan fingerprint density at radius 2 is 2.00 bits per heavy atom. The lowest BCUT2D eigenvalue weighted by Gasteiger charge is -2.38. The van der Waals surface area contributed by atoms with E-state index in [1.807, 2.05) is 0 Å². The van der Waals surface area contributed by atoms with Gasteiger partial charge < -0.3 is 10.1 Å². The van der Waals surface area contributed by atoms with Crippen molar-refractivity contribution in [2.75, 3.05) is 19.8 Å². The lowest BCUT2D eigenvalue weighted by Crippen LogP contribution is -2.40. The molecule has 0 amide bonds. The van der Waals surface area contributed by atoms with Crippen molar-refractivity contribution in [3.8, 4) is 0 Å². The summed E-state index contributed by atoms with van der Waals surface area (Å²) in [6.07, 6.45) is 11.3. The van der Waals surface area contributed by atoms with E-state index < -0.39 is 0 Å². The molecule has 3 saturated carbocycles. The van der Waals surface area contributed by atoms with Gasteiger partial charge >= 0.3 is 0 Å². The minimum absolute atomic E-state index is 0.587. The summed E-state index contributed by atoms with van der Waals surface area (Å²) < 4.78 is 5.93. The molecule has 0 radical (unpaired) electrons. The zero-order chi connectivity index (χ0) is 14.0. The summed E-state index contributed by atoms with van der Waals surface area (Å²) in [6, 6.07) is 0.855. The van der Waals surface area contributed by atoms with Crippen LogP contribution in [0.5, 0.6) is 0 Å². The van der Waals surface area contributed by atoms with E-state index in [1.54, 1.807) is 0 Å². The highest BCUT2D eigenvalue weighted by Crippen LogP contribution is 2.57. The first-order chi connectivity index (χ1) is 9.68. The summed E-state index contributed by atoms with van der Waals surface area (Å²) in [6.45, 7) is 7.77. The monoisotopic (exact) mass is 279 g/mol. The van der Waals surface area contributed by atoms with Gasteiger partial charge in [-0.05, 0) is 68.1 Å². The second-order valence-electron chi connectivity index (χ2n) is 8.14. The molecule has 0 aromatic carbocycles. The van der Waals surface area contributed by atoms with Crippen molar-refractivity contribution in [3.05, 3.63) is 0 Å². The van der Waals surface area contributed by atoms with Crippen LogP contribution in [0.1, 0.15) is 65.2 Å². The van der Waals surface area contributed by atoms with Crippen LogP contribution in [-0.4, -0.2) is 25.8 Å². The van der Waals surface area contributed by atoms with Crippen molar-refractivity contribution in [2.24, 2.45) is 23.2 Å². The highest BCUT2D eigenvalue weighted by Gasteiger charge is 2.50. The maximum Gasteiger partial charge on any atom is 0.0471 e. The third-order valence-corrected chi connectivity index (χ3v) is 6.01. The smallest absolute Gasteiger partial charge is 0.0471 e. The molecule has 3 fully saturated rings. The molecule has 0 aromatic heterocycles. The molecule has 116 valence electrons. The van der Waals surface area contributed by atoms with Gasteiger partial charge in [0, 0.05) is 25.8 Å². The molecular formula is C18H33NO. The van der Waals surface area contributed by atoms with Crippen LogP contribution in [0.15, 0.2) is 0 Å². The van der Waals surface area contributed by atoms with Crippen LogP contribution in [0.4, 0.5) is 0 Å². The maximum atomic E-state index is 5.93. The lowest BCUT2D eigenvalue weighted by atomic mass is 9.71. The van der Waals surface area contributed by atoms with Gasteiger partial charge in [0.1, 0.15) is 0 Å². The molecule has 3 aliphatic rings. The van der Waals surface area contributed by atoms with E-state index in [-0.39, 0.29) is 0 Å². The summed E-state index contributed by atoms with van der Waals surface area (Å²) in [5, 5.41) is 3.83. The van der Waals surface area contributed by atoms with E-state index in [2.05, 4.69) is 19.2 Å². The Hall–Kier alpha value is -0.0800. The molecule has 2 heteroatoms. The molecule has 2 nitrogen and oxygen atoms in total. The highest BCUT2D eigenvalue weighted by atomic mass is 16.5. The fraction of sp³-hybridized carbons (Fsp3) is 1.00. The van der Waals surface area contributed by atoms with Crippen LogP contribution >= 0.6 is 0 Å². The molecule has 3 unspecified atom stereocenters. The first-order valence-corrected chi connectivity index (χ1v) is 8.99. The van der Waals surface area contributed by atoms with Gasteiger partial charge in [-0.3, -0.25) is 0 Å². The summed E-state index contributed by atoms with van der Waals surface area (Å²) in [5.41, 5.74) is 0.587. The lowest BCUT2D eigenvalue weighted by molar-refractivity contribution is 0.0584. The number of ether oxygens (including phenoxy) is 1. The number of fused-ring (bicyclic) bond motifs is 2. The Morgan fingerprint density at radius 3 is 2.60 bits per heavy atom. The van der Waals surface area contributed by atoms with Crippen LogP contribution < -0.4 is 5.32 Å². The van der Waals surface area contributed by atoms with Gasteiger partial charge in [-0.25, -0.2) is 0 Å². The van der Waals surface area contributed by atoms with Gasteiger partial charge in [-0.15, -0.1) is 0 Å². The average Bonchev–Trinajstić information content (AvgIpc) is 3.04. The van der Waals surface area contributed by atoms with Gasteiger partial charge in [0.15, 0.2) is 0 Å². The van der Waals surface area contributed by atoms with Crippen LogP contribution in [0, 0.1) is 23.2 Å². The predicted octanol–water partition coefficient (Wildman–Crippen LogP) is 4.00. The van der Waals surface area contributed by atoms with Gasteiger partial charge in [-0.1, -0.05) is 20.3 Å². The Morgan fingerprint density at radius 1 is 1.15 bits per heavy atom. The maximum absolute atomic E-state index is 5.93. The van der Waals surface area contributed by atoms with Crippen molar-refractivity contribution >= 4 is 0 Å².